The normalized spacial score (nSPS) is 16.2. The number of benzene rings is 1. The van der Waals surface area contributed by atoms with Gasteiger partial charge in [-0.25, -0.2) is 4.39 Å². The number of anilines is 1. The Morgan fingerprint density at radius 3 is 2.71 bits per heavy atom. The highest BCUT2D eigenvalue weighted by Crippen LogP contribution is 2.25. The molecular formula is C15H19FN4O. The van der Waals surface area contributed by atoms with Gasteiger partial charge >= 0.3 is 0 Å². The largest absolute Gasteiger partial charge is 0.490 e. The van der Waals surface area contributed by atoms with E-state index >= 15 is 0 Å². The Bertz CT molecular complexity index is 620. The molecule has 2 aromatic rings. The summed E-state index contributed by atoms with van der Waals surface area (Å²) < 4.78 is 19.5. The first kappa shape index (κ1) is 13.9. The molecule has 1 aliphatic heterocycles. The quantitative estimate of drug-likeness (QED) is 0.944. The van der Waals surface area contributed by atoms with Gasteiger partial charge in [-0.3, -0.25) is 5.10 Å². The highest BCUT2D eigenvalue weighted by atomic mass is 19.1. The summed E-state index contributed by atoms with van der Waals surface area (Å²) >= 11 is 0. The number of aryl methyl sites for hydroxylation is 1. The molecule has 1 aromatic heterocycles. The van der Waals surface area contributed by atoms with E-state index in [1.54, 1.807) is 13.0 Å². The number of halogens is 1. The molecule has 1 N–H and O–H groups in total. The molecule has 0 atom stereocenters. The average molecular weight is 290 g/mol. The third-order valence-electron chi connectivity index (χ3n) is 3.82. The van der Waals surface area contributed by atoms with Crippen molar-refractivity contribution in [2.75, 3.05) is 18.0 Å². The lowest BCUT2D eigenvalue weighted by atomic mass is 10.1. The van der Waals surface area contributed by atoms with Crippen LogP contribution < -0.4 is 9.64 Å². The molecule has 0 amide bonds. The molecule has 0 aliphatic carbocycles. The molecular weight excluding hydrogens is 271 g/mol. The van der Waals surface area contributed by atoms with Gasteiger partial charge in [0.2, 0.25) is 5.95 Å². The van der Waals surface area contributed by atoms with Crippen LogP contribution in [0.15, 0.2) is 18.2 Å². The van der Waals surface area contributed by atoms with E-state index in [-0.39, 0.29) is 11.9 Å². The SMILES string of the molecule is Cc1nc(N2CCC(Oc3cccc(F)c3C)CC2)n[nH]1. The summed E-state index contributed by atoms with van der Waals surface area (Å²) in [4.78, 5) is 6.48. The van der Waals surface area contributed by atoms with Crippen LogP contribution >= 0.6 is 0 Å². The van der Waals surface area contributed by atoms with Gasteiger partial charge in [0, 0.05) is 31.5 Å². The minimum Gasteiger partial charge on any atom is -0.490 e. The van der Waals surface area contributed by atoms with E-state index < -0.39 is 0 Å². The summed E-state index contributed by atoms with van der Waals surface area (Å²) in [6.45, 7) is 5.32. The standard InChI is InChI=1S/C15H19FN4O/c1-10-13(16)4-3-5-14(10)21-12-6-8-20(9-7-12)15-17-11(2)18-19-15/h3-5,12H,6-9H2,1-2H3,(H,17,18,19). The van der Waals surface area contributed by atoms with Crippen molar-refractivity contribution in [3.05, 3.63) is 35.4 Å². The fourth-order valence-electron chi connectivity index (χ4n) is 2.54. The average Bonchev–Trinajstić information content (AvgIpc) is 2.91. The van der Waals surface area contributed by atoms with Crippen molar-refractivity contribution < 1.29 is 9.13 Å². The van der Waals surface area contributed by atoms with Gasteiger partial charge < -0.3 is 9.64 Å². The third-order valence-corrected chi connectivity index (χ3v) is 3.82. The minimum absolute atomic E-state index is 0.113. The summed E-state index contributed by atoms with van der Waals surface area (Å²) in [5.74, 6) is 1.98. The monoisotopic (exact) mass is 290 g/mol. The molecule has 112 valence electrons. The summed E-state index contributed by atoms with van der Waals surface area (Å²) in [5.41, 5.74) is 0.574. The molecule has 2 heterocycles. The fourth-order valence-corrected chi connectivity index (χ4v) is 2.54. The van der Waals surface area contributed by atoms with Crippen molar-refractivity contribution in [2.24, 2.45) is 0 Å². The maximum atomic E-state index is 13.5. The van der Waals surface area contributed by atoms with Gasteiger partial charge in [-0.05, 0) is 26.0 Å². The van der Waals surface area contributed by atoms with Gasteiger partial charge in [0.15, 0.2) is 0 Å². The van der Waals surface area contributed by atoms with E-state index in [9.17, 15) is 4.39 Å². The Balaban J connectivity index is 1.60. The van der Waals surface area contributed by atoms with Gasteiger partial charge in [-0.1, -0.05) is 6.07 Å². The number of nitrogens with one attached hydrogen (secondary N) is 1. The molecule has 1 aliphatic rings. The number of hydrogen-bond acceptors (Lipinski definition) is 4. The van der Waals surface area contributed by atoms with Crippen LogP contribution in [0.3, 0.4) is 0 Å². The maximum Gasteiger partial charge on any atom is 0.244 e. The molecule has 0 spiro atoms. The van der Waals surface area contributed by atoms with Gasteiger partial charge in [-0.2, -0.15) is 4.98 Å². The number of H-pyrrole nitrogens is 1. The second-order valence-electron chi connectivity index (χ2n) is 5.39. The minimum atomic E-state index is -0.221. The molecule has 1 saturated heterocycles. The smallest absolute Gasteiger partial charge is 0.244 e. The van der Waals surface area contributed by atoms with E-state index in [0.717, 1.165) is 37.7 Å². The molecule has 1 fully saturated rings. The van der Waals surface area contributed by atoms with Crippen molar-refractivity contribution >= 4 is 5.95 Å². The van der Waals surface area contributed by atoms with Crippen LogP contribution in [-0.4, -0.2) is 34.4 Å². The summed E-state index contributed by atoms with van der Waals surface area (Å²) in [5, 5.41) is 7.03. The lowest BCUT2D eigenvalue weighted by Crippen LogP contribution is -2.39. The van der Waals surface area contributed by atoms with Gasteiger partial charge in [-0.15, -0.1) is 5.10 Å². The molecule has 21 heavy (non-hydrogen) atoms. The molecule has 1 aromatic carbocycles. The van der Waals surface area contributed by atoms with Gasteiger partial charge in [0.1, 0.15) is 23.5 Å². The zero-order valence-electron chi connectivity index (χ0n) is 12.3. The topological polar surface area (TPSA) is 54.0 Å². The van der Waals surface area contributed by atoms with Crippen molar-refractivity contribution in [3.8, 4) is 5.75 Å². The molecule has 0 radical (unpaired) electrons. The lowest BCUT2D eigenvalue weighted by Gasteiger charge is -2.31. The van der Waals surface area contributed by atoms with E-state index in [1.807, 2.05) is 13.0 Å². The summed E-state index contributed by atoms with van der Waals surface area (Å²) in [6, 6.07) is 4.96. The van der Waals surface area contributed by atoms with Gasteiger partial charge in [0.25, 0.3) is 0 Å². The molecule has 6 heteroatoms. The van der Waals surface area contributed by atoms with Crippen LogP contribution in [0.4, 0.5) is 10.3 Å². The number of nitrogens with zero attached hydrogens (tertiary/aromatic N) is 3. The third kappa shape index (κ3) is 2.99. The molecule has 5 nitrogen and oxygen atoms in total. The highest BCUT2D eigenvalue weighted by Gasteiger charge is 2.23. The Morgan fingerprint density at radius 2 is 2.05 bits per heavy atom. The first-order valence-electron chi connectivity index (χ1n) is 7.19. The van der Waals surface area contributed by atoms with Crippen molar-refractivity contribution in [1.82, 2.24) is 15.2 Å². The molecule has 0 unspecified atom stereocenters. The summed E-state index contributed by atoms with van der Waals surface area (Å²) in [6.07, 6.45) is 1.87. The van der Waals surface area contributed by atoms with Crippen molar-refractivity contribution in [1.29, 1.82) is 0 Å². The van der Waals surface area contributed by atoms with Gasteiger partial charge in [0.05, 0.1) is 0 Å². The second-order valence-corrected chi connectivity index (χ2v) is 5.39. The number of aromatic amines is 1. The van der Waals surface area contributed by atoms with Crippen molar-refractivity contribution in [3.63, 3.8) is 0 Å². The van der Waals surface area contributed by atoms with Crippen LogP contribution in [0.25, 0.3) is 0 Å². The maximum absolute atomic E-state index is 13.5. The molecule has 0 saturated carbocycles. The first-order chi connectivity index (χ1) is 10.1. The number of rotatable bonds is 3. The lowest BCUT2D eigenvalue weighted by molar-refractivity contribution is 0.168. The Kier molecular flexibility index (Phi) is 3.77. The predicted octanol–water partition coefficient (Wildman–Crippen LogP) is 2.61. The second kappa shape index (κ2) is 5.71. The number of ether oxygens (including phenoxy) is 1. The Labute approximate surface area is 123 Å². The van der Waals surface area contributed by atoms with E-state index in [1.165, 1.54) is 6.07 Å². The first-order valence-corrected chi connectivity index (χ1v) is 7.19. The Morgan fingerprint density at radius 1 is 1.29 bits per heavy atom. The number of aromatic nitrogens is 3. The Hall–Kier alpha value is -2.11. The van der Waals surface area contributed by atoms with Crippen LogP contribution in [0, 0.1) is 19.7 Å². The zero-order chi connectivity index (χ0) is 14.8. The molecule has 0 bridgehead atoms. The van der Waals surface area contributed by atoms with Crippen molar-refractivity contribution in [2.45, 2.75) is 32.8 Å². The number of piperidine rings is 1. The van der Waals surface area contributed by atoms with E-state index in [0.29, 0.717) is 11.3 Å². The zero-order valence-corrected chi connectivity index (χ0v) is 12.3. The fraction of sp³-hybridized carbons (Fsp3) is 0.467. The van der Waals surface area contributed by atoms with Crippen LogP contribution in [0.2, 0.25) is 0 Å². The predicted molar refractivity (Wildman–Crippen MR) is 78.1 cm³/mol. The van der Waals surface area contributed by atoms with E-state index in [4.69, 9.17) is 4.74 Å². The highest BCUT2D eigenvalue weighted by molar-refractivity contribution is 5.34. The van der Waals surface area contributed by atoms with Crippen LogP contribution in [-0.2, 0) is 0 Å². The van der Waals surface area contributed by atoms with Crippen LogP contribution in [0.5, 0.6) is 5.75 Å². The van der Waals surface area contributed by atoms with Crippen LogP contribution in [0.1, 0.15) is 24.2 Å². The number of hydrogen-bond donors (Lipinski definition) is 1. The summed E-state index contributed by atoms with van der Waals surface area (Å²) in [7, 11) is 0. The molecule has 3 rings (SSSR count). The van der Waals surface area contributed by atoms with E-state index in [2.05, 4.69) is 20.1 Å².